The van der Waals surface area contributed by atoms with Crippen LogP contribution in [0.15, 0.2) is 42.5 Å². The van der Waals surface area contributed by atoms with E-state index in [2.05, 4.69) is 10.6 Å². The van der Waals surface area contributed by atoms with Crippen LogP contribution in [0.25, 0.3) is 0 Å². The Kier molecular flexibility index (Phi) is 7.65. The molecule has 0 aliphatic heterocycles. The van der Waals surface area contributed by atoms with Crippen molar-refractivity contribution >= 4 is 17.5 Å². The smallest absolute Gasteiger partial charge is 0.313 e. The first-order valence-electron chi connectivity index (χ1n) is 8.51. The molecule has 0 bridgehead atoms. The molecule has 2 aromatic carbocycles. The molecule has 2 aromatic rings. The maximum Gasteiger partial charge on any atom is 0.313 e. The summed E-state index contributed by atoms with van der Waals surface area (Å²) in [5.74, 6) is -0.0738. The summed E-state index contributed by atoms with van der Waals surface area (Å²) in [5, 5.41) is 5.08. The third-order valence-corrected chi connectivity index (χ3v) is 4.08. The van der Waals surface area contributed by atoms with Gasteiger partial charge in [0.15, 0.2) is 0 Å². The van der Waals surface area contributed by atoms with Crippen LogP contribution in [0.4, 0.5) is 5.69 Å². The van der Waals surface area contributed by atoms with Gasteiger partial charge in [0.25, 0.3) is 0 Å². The number of nitrogens with one attached hydrogen (secondary N) is 2. The van der Waals surface area contributed by atoms with Gasteiger partial charge in [0.05, 0.1) is 27.0 Å². The average Bonchev–Trinajstić information content (AvgIpc) is 2.74. The second-order valence-electron chi connectivity index (χ2n) is 5.70. The van der Waals surface area contributed by atoms with Crippen molar-refractivity contribution in [2.45, 2.75) is 6.10 Å². The van der Waals surface area contributed by atoms with Gasteiger partial charge in [-0.3, -0.25) is 9.59 Å². The van der Waals surface area contributed by atoms with E-state index in [1.165, 1.54) is 21.3 Å². The molecule has 0 aromatic heterocycles. The first-order chi connectivity index (χ1) is 13.5. The summed E-state index contributed by atoms with van der Waals surface area (Å²) >= 11 is 0. The minimum atomic E-state index is -0.832. The molecule has 0 aliphatic rings. The topological polar surface area (TPSA) is 95.1 Å². The molecule has 0 unspecified atom stereocenters. The van der Waals surface area contributed by atoms with Crippen molar-refractivity contribution < 1.29 is 28.5 Å². The van der Waals surface area contributed by atoms with E-state index in [9.17, 15) is 9.59 Å². The zero-order chi connectivity index (χ0) is 20.5. The van der Waals surface area contributed by atoms with Crippen molar-refractivity contribution in [2.24, 2.45) is 0 Å². The Morgan fingerprint density at radius 3 is 2.25 bits per heavy atom. The number of benzene rings is 2. The molecule has 0 radical (unpaired) electrons. The molecule has 0 saturated heterocycles. The maximum atomic E-state index is 12.3. The Bertz CT molecular complexity index is 824. The normalized spacial score (nSPS) is 11.3. The van der Waals surface area contributed by atoms with Crippen molar-refractivity contribution in [3.05, 3.63) is 48.0 Å². The summed E-state index contributed by atoms with van der Waals surface area (Å²) in [6.45, 7) is 0.0956. The van der Waals surface area contributed by atoms with Crippen molar-refractivity contribution in [3.8, 4) is 17.2 Å². The highest BCUT2D eigenvalue weighted by Gasteiger charge is 2.20. The van der Waals surface area contributed by atoms with Crippen LogP contribution in [-0.2, 0) is 14.3 Å². The predicted molar refractivity (Wildman–Crippen MR) is 104 cm³/mol. The minimum Gasteiger partial charge on any atom is -0.497 e. The number of para-hydroxylation sites is 1. The van der Waals surface area contributed by atoms with Crippen LogP contribution in [0.5, 0.6) is 17.2 Å². The quantitative estimate of drug-likeness (QED) is 0.673. The zero-order valence-corrected chi connectivity index (χ0v) is 16.3. The Labute approximate surface area is 163 Å². The van der Waals surface area contributed by atoms with Gasteiger partial charge in [0, 0.05) is 25.3 Å². The van der Waals surface area contributed by atoms with Crippen LogP contribution in [0.3, 0.4) is 0 Å². The van der Waals surface area contributed by atoms with E-state index in [0.717, 1.165) is 5.56 Å². The minimum absolute atomic E-state index is 0.0956. The number of ether oxygens (including phenoxy) is 4. The van der Waals surface area contributed by atoms with Gasteiger partial charge in [0.2, 0.25) is 0 Å². The van der Waals surface area contributed by atoms with Gasteiger partial charge in [-0.25, -0.2) is 0 Å². The van der Waals surface area contributed by atoms with Crippen molar-refractivity contribution in [1.82, 2.24) is 5.32 Å². The average molecular weight is 388 g/mol. The third-order valence-electron chi connectivity index (χ3n) is 4.08. The Morgan fingerprint density at radius 2 is 1.61 bits per heavy atom. The number of carbonyl (C=O) groups is 2. The highest BCUT2D eigenvalue weighted by atomic mass is 16.5. The van der Waals surface area contributed by atoms with E-state index < -0.39 is 17.9 Å². The van der Waals surface area contributed by atoms with Gasteiger partial charge >= 0.3 is 11.8 Å². The monoisotopic (exact) mass is 388 g/mol. The third kappa shape index (κ3) is 5.14. The maximum absolute atomic E-state index is 12.3. The standard InChI is InChI=1S/C20H24N2O6/c1-25-13-9-10-17(27-3)15(11-13)22-20(24)19(23)21-12-18(28-4)14-7-5-6-8-16(14)26-2/h5-11,18H,12H2,1-4H3,(H,21,23)(H,22,24)/t18-/m1/s1. The van der Waals surface area contributed by atoms with E-state index in [1.807, 2.05) is 18.2 Å². The summed E-state index contributed by atoms with van der Waals surface area (Å²) < 4.78 is 21.1. The van der Waals surface area contributed by atoms with Crippen LogP contribution in [0.2, 0.25) is 0 Å². The van der Waals surface area contributed by atoms with Crippen molar-refractivity contribution in [1.29, 1.82) is 0 Å². The fraction of sp³-hybridized carbons (Fsp3) is 0.300. The molecule has 0 aliphatic carbocycles. The summed E-state index contributed by atoms with van der Waals surface area (Å²) in [6.07, 6.45) is -0.473. The molecule has 0 fully saturated rings. The van der Waals surface area contributed by atoms with Gasteiger partial charge in [-0.1, -0.05) is 18.2 Å². The van der Waals surface area contributed by atoms with Crippen LogP contribution in [-0.4, -0.2) is 46.8 Å². The Hall–Kier alpha value is -3.26. The number of hydrogen-bond donors (Lipinski definition) is 2. The molecule has 8 nitrogen and oxygen atoms in total. The molecule has 0 saturated carbocycles. The van der Waals surface area contributed by atoms with E-state index in [1.54, 1.807) is 31.4 Å². The lowest BCUT2D eigenvalue weighted by atomic mass is 10.1. The molecule has 28 heavy (non-hydrogen) atoms. The molecule has 150 valence electrons. The molecule has 2 amide bonds. The lowest BCUT2D eigenvalue weighted by Gasteiger charge is -2.19. The van der Waals surface area contributed by atoms with Gasteiger partial charge in [-0.2, -0.15) is 0 Å². The second-order valence-corrected chi connectivity index (χ2v) is 5.70. The molecule has 8 heteroatoms. The summed E-state index contributed by atoms with van der Waals surface area (Å²) in [7, 11) is 6.04. The number of methoxy groups -OCH3 is 4. The number of carbonyl (C=O) groups excluding carboxylic acids is 2. The first-order valence-corrected chi connectivity index (χ1v) is 8.51. The first kappa shape index (κ1) is 21.0. The van der Waals surface area contributed by atoms with Crippen LogP contribution < -0.4 is 24.8 Å². The van der Waals surface area contributed by atoms with Crippen molar-refractivity contribution in [3.63, 3.8) is 0 Å². The summed E-state index contributed by atoms with van der Waals surface area (Å²) in [4.78, 5) is 24.5. The second kappa shape index (κ2) is 10.2. The van der Waals surface area contributed by atoms with Gasteiger partial charge in [-0.15, -0.1) is 0 Å². The summed E-state index contributed by atoms with van der Waals surface area (Å²) in [6, 6.07) is 12.2. The molecular weight excluding hydrogens is 364 g/mol. The Balaban J connectivity index is 2.03. The van der Waals surface area contributed by atoms with Gasteiger partial charge in [-0.05, 0) is 18.2 Å². The lowest BCUT2D eigenvalue weighted by Crippen LogP contribution is -2.38. The SMILES string of the molecule is COc1ccc(OC)c(NC(=O)C(=O)NC[C@@H](OC)c2ccccc2OC)c1. The fourth-order valence-electron chi connectivity index (χ4n) is 2.61. The van der Waals surface area contributed by atoms with E-state index >= 15 is 0 Å². The van der Waals surface area contributed by atoms with Crippen LogP contribution in [0, 0.1) is 0 Å². The number of hydrogen-bond acceptors (Lipinski definition) is 6. The lowest BCUT2D eigenvalue weighted by molar-refractivity contribution is -0.136. The van der Waals surface area contributed by atoms with E-state index in [0.29, 0.717) is 22.9 Å². The van der Waals surface area contributed by atoms with Crippen LogP contribution >= 0.6 is 0 Å². The molecule has 2 N–H and O–H groups in total. The van der Waals surface area contributed by atoms with E-state index in [4.69, 9.17) is 18.9 Å². The molecule has 0 spiro atoms. The van der Waals surface area contributed by atoms with Crippen LogP contribution in [0.1, 0.15) is 11.7 Å². The van der Waals surface area contributed by atoms with E-state index in [-0.39, 0.29) is 6.54 Å². The summed E-state index contributed by atoms with van der Waals surface area (Å²) in [5.41, 5.74) is 1.10. The predicted octanol–water partition coefficient (Wildman–Crippen LogP) is 2.15. The molecular formula is C20H24N2O6. The highest BCUT2D eigenvalue weighted by Crippen LogP contribution is 2.29. The van der Waals surface area contributed by atoms with Gasteiger partial charge < -0.3 is 29.6 Å². The number of anilines is 1. The fourth-order valence-corrected chi connectivity index (χ4v) is 2.61. The largest absolute Gasteiger partial charge is 0.497 e. The molecule has 2 rings (SSSR count). The molecule has 0 heterocycles. The number of rotatable bonds is 8. The Morgan fingerprint density at radius 1 is 0.893 bits per heavy atom. The van der Waals surface area contributed by atoms with Crippen molar-refractivity contribution in [2.75, 3.05) is 40.3 Å². The highest BCUT2D eigenvalue weighted by molar-refractivity contribution is 6.39. The zero-order valence-electron chi connectivity index (χ0n) is 16.3. The molecule has 1 atom stereocenters. The van der Waals surface area contributed by atoms with Gasteiger partial charge in [0.1, 0.15) is 23.4 Å². The number of amides is 2.